The molecule has 0 aliphatic carbocycles. The number of aromatic nitrogens is 1. The molecule has 7 nitrogen and oxygen atoms in total. The van der Waals surface area contributed by atoms with Crippen molar-refractivity contribution in [2.75, 3.05) is 46.0 Å². The lowest BCUT2D eigenvalue weighted by molar-refractivity contribution is 0.0389. The number of hydrogen-bond donors (Lipinski definition) is 2. The van der Waals surface area contributed by atoms with Crippen LogP contribution in [0.15, 0.2) is 11.2 Å². The highest BCUT2D eigenvalue weighted by Gasteiger charge is 2.18. The van der Waals surface area contributed by atoms with E-state index in [1.807, 2.05) is 6.21 Å². The van der Waals surface area contributed by atoms with E-state index in [-0.39, 0.29) is 0 Å². The Labute approximate surface area is 167 Å². The van der Waals surface area contributed by atoms with Gasteiger partial charge in [-0.05, 0) is 45.0 Å². The van der Waals surface area contributed by atoms with Crippen molar-refractivity contribution in [1.82, 2.24) is 20.2 Å². The molecule has 2 aliphatic heterocycles. The smallest absolute Gasteiger partial charge is 0.187 e. The highest BCUT2D eigenvalue weighted by molar-refractivity contribution is 7.80. The lowest BCUT2D eigenvalue weighted by Crippen LogP contribution is -2.42. The minimum Gasteiger partial charge on any atom is -0.379 e. The van der Waals surface area contributed by atoms with Crippen molar-refractivity contribution in [3.05, 3.63) is 23.0 Å². The molecule has 2 fully saturated rings. The molecule has 27 heavy (non-hydrogen) atoms. The molecule has 2 saturated heterocycles. The fourth-order valence-corrected chi connectivity index (χ4v) is 3.74. The summed E-state index contributed by atoms with van der Waals surface area (Å²) >= 11 is 5.29. The first-order valence-corrected chi connectivity index (χ1v) is 10.2. The normalized spacial score (nSPS) is 21.0. The highest BCUT2D eigenvalue weighted by Crippen LogP contribution is 2.19. The number of nitrogens with zero attached hydrogens (tertiary/aromatic N) is 3. The summed E-state index contributed by atoms with van der Waals surface area (Å²) < 4.78 is 13.4. The van der Waals surface area contributed by atoms with Crippen LogP contribution < -0.4 is 10.7 Å². The van der Waals surface area contributed by atoms with E-state index in [9.17, 15) is 0 Å². The standard InChI is InChI=1S/C19H31N5O2S/c1-15-12-17(16(2)24(15)14-18-4-3-9-26-18)13-21-22-19(27)20-5-6-23-7-10-25-11-8-23/h12-13,18H,3-11,14H2,1-2H3,(H2,20,22,27)/b21-13-/t18-/m1/s1. The summed E-state index contributed by atoms with van der Waals surface area (Å²) in [5.41, 5.74) is 6.46. The van der Waals surface area contributed by atoms with E-state index in [2.05, 4.69) is 45.2 Å². The van der Waals surface area contributed by atoms with Crippen LogP contribution in [0, 0.1) is 13.8 Å². The molecule has 3 heterocycles. The van der Waals surface area contributed by atoms with E-state index in [1.54, 1.807) is 0 Å². The van der Waals surface area contributed by atoms with Gasteiger partial charge in [0.25, 0.3) is 0 Å². The van der Waals surface area contributed by atoms with Gasteiger partial charge in [-0.3, -0.25) is 10.3 Å². The Morgan fingerprint density at radius 1 is 1.33 bits per heavy atom. The summed E-state index contributed by atoms with van der Waals surface area (Å²) in [4.78, 5) is 2.37. The van der Waals surface area contributed by atoms with Crippen LogP contribution in [0.2, 0.25) is 0 Å². The second-order valence-electron chi connectivity index (χ2n) is 7.15. The summed E-state index contributed by atoms with van der Waals surface area (Å²) in [6.45, 7) is 11.4. The zero-order valence-electron chi connectivity index (χ0n) is 16.4. The van der Waals surface area contributed by atoms with Gasteiger partial charge >= 0.3 is 0 Å². The Morgan fingerprint density at radius 3 is 2.89 bits per heavy atom. The van der Waals surface area contributed by atoms with Crippen molar-refractivity contribution >= 4 is 23.5 Å². The quantitative estimate of drug-likeness (QED) is 0.415. The maximum absolute atomic E-state index is 5.77. The number of nitrogens with one attached hydrogen (secondary N) is 2. The van der Waals surface area contributed by atoms with Crippen LogP contribution in [0.1, 0.15) is 29.8 Å². The number of hydrazone groups is 1. The maximum atomic E-state index is 5.77. The van der Waals surface area contributed by atoms with Crippen LogP contribution in [0.25, 0.3) is 0 Å². The molecular formula is C19H31N5O2S. The second-order valence-corrected chi connectivity index (χ2v) is 7.56. The second kappa shape index (κ2) is 10.2. The molecule has 0 spiro atoms. The first kappa shape index (κ1) is 20.3. The average Bonchev–Trinajstić information content (AvgIpc) is 3.27. The van der Waals surface area contributed by atoms with E-state index >= 15 is 0 Å². The molecule has 2 N–H and O–H groups in total. The van der Waals surface area contributed by atoms with E-state index < -0.39 is 0 Å². The minimum absolute atomic E-state index is 0.334. The Balaban J connectivity index is 1.42. The summed E-state index contributed by atoms with van der Waals surface area (Å²) in [6.07, 6.45) is 4.48. The Kier molecular flexibility index (Phi) is 7.63. The average molecular weight is 394 g/mol. The number of thiocarbonyl (C=S) groups is 1. The van der Waals surface area contributed by atoms with E-state index in [4.69, 9.17) is 21.7 Å². The third kappa shape index (κ3) is 6.00. The Morgan fingerprint density at radius 2 is 2.15 bits per heavy atom. The SMILES string of the molecule is Cc1cc(/C=N\NC(=S)NCCN2CCOCC2)c(C)n1C[C@H]1CCCO1. The summed E-state index contributed by atoms with van der Waals surface area (Å²) in [5, 5.41) is 8.04. The Hall–Kier alpha value is -1.48. The number of morpholine rings is 1. The van der Waals surface area contributed by atoms with Crippen LogP contribution in [0.5, 0.6) is 0 Å². The zero-order chi connectivity index (χ0) is 19.1. The van der Waals surface area contributed by atoms with Gasteiger partial charge < -0.3 is 19.4 Å². The van der Waals surface area contributed by atoms with Crippen LogP contribution >= 0.6 is 12.2 Å². The number of rotatable bonds is 7. The lowest BCUT2D eigenvalue weighted by Gasteiger charge is -2.26. The third-order valence-electron chi connectivity index (χ3n) is 5.21. The monoisotopic (exact) mass is 393 g/mol. The molecule has 8 heteroatoms. The van der Waals surface area contributed by atoms with Gasteiger partial charge in [0.2, 0.25) is 0 Å². The van der Waals surface area contributed by atoms with Gasteiger partial charge in [0, 0.05) is 56.3 Å². The van der Waals surface area contributed by atoms with Crippen molar-refractivity contribution in [3.8, 4) is 0 Å². The first-order valence-electron chi connectivity index (χ1n) is 9.79. The molecule has 0 amide bonds. The first-order chi connectivity index (χ1) is 13.1. The number of ether oxygens (including phenoxy) is 2. The number of hydrogen-bond acceptors (Lipinski definition) is 5. The van der Waals surface area contributed by atoms with Crippen molar-refractivity contribution < 1.29 is 9.47 Å². The summed E-state index contributed by atoms with van der Waals surface area (Å²) in [7, 11) is 0. The van der Waals surface area contributed by atoms with Gasteiger partial charge in [0.1, 0.15) is 0 Å². The predicted molar refractivity (Wildman–Crippen MR) is 111 cm³/mol. The predicted octanol–water partition coefficient (Wildman–Crippen LogP) is 1.41. The highest BCUT2D eigenvalue weighted by atomic mass is 32.1. The topological polar surface area (TPSA) is 63.0 Å². The van der Waals surface area contributed by atoms with Crippen molar-refractivity contribution in [2.45, 2.75) is 39.3 Å². The minimum atomic E-state index is 0.334. The van der Waals surface area contributed by atoms with Crippen molar-refractivity contribution in [3.63, 3.8) is 0 Å². The molecule has 2 aliphatic rings. The molecule has 0 aromatic carbocycles. The van der Waals surface area contributed by atoms with E-state index in [0.717, 1.165) is 70.9 Å². The summed E-state index contributed by atoms with van der Waals surface area (Å²) in [5.74, 6) is 0. The van der Waals surface area contributed by atoms with Crippen LogP contribution in [0.3, 0.4) is 0 Å². The summed E-state index contributed by atoms with van der Waals surface area (Å²) in [6, 6.07) is 2.16. The van der Waals surface area contributed by atoms with Gasteiger partial charge in [-0.2, -0.15) is 5.10 Å². The lowest BCUT2D eigenvalue weighted by atomic mass is 10.2. The van der Waals surface area contributed by atoms with Crippen molar-refractivity contribution in [2.24, 2.45) is 5.10 Å². The van der Waals surface area contributed by atoms with Gasteiger partial charge in [0.05, 0.1) is 25.5 Å². The zero-order valence-corrected chi connectivity index (χ0v) is 17.2. The van der Waals surface area contributed by atoms with Crippen LogP contribution in [0.4, 0.5) is 0 Å². The van der Waals surface area contributed by atoms with Gasteiger partial charge in [-0.1, -0.05) is 0 Å². The molecule has 150 valence electrons. The number of aryl methyl sites for hydroxylation is 1. The molecule has 0 radical (unpaired) electrons. The molecule has 0 saturated carbocycles. The molecule has 0 bridgehead atoms. The van der Waals surface area contributed by atoms with Gasteiger partial charge in [-0.25, -0.2) is 0 Å². The van der Waals surface area contributed by atoms with Gasteiger partial charge in [-0.15, -0.1) is 0 Å². The molecule has 0 unspecified atom stereocenters. The van der Waals surface area contributed by atoms with Crippen LogP contribution in [-0.4, -0.2) is 72.9 Å². The molecule has 1 atom stereocenters. The molecule has 1 aromatic heterocycles. The molecular weight excluding hydrogens is 362 g/mol. The van der Waals surface area contributed by atoms with Gasteiger partial charge in [0.15, 0.2) is 5.11 Å². The fourth-order valence-electron chi connectivity index (χ4n) is 3.58. The molecule has 1 aromatic rings. The van der Waals surface area contributed by atoms with E-state index in [0.29, 0.717) is 11.2 Å². The van der Waals surface area contributed by atoms with Crippen molar-refractivity contribution in [1.29, 1.82) is 0 Å². The fraction of sp³-hybridized carbons (Fsp3) is 0.684. The maximum Gasteiger partial charge on any atom is 0.187 e. The third-order valence-corrected chi connectivity index (χ3v) is 5.45. The van der Waals surface area contributed by atoms with Crippen LogP contribution in [-0.2, 0) is 16.0 Å². The van der Waals surface area contributed by atoms with E-state index in [1.165, 1.54) is 11.4 Å². The largest absolute Gasteiger partial charge is 0.379 e. The molecule has 3 rings (SSSR count). The Bertz CT molecular complexity index is 649.